The predicted molar refractivity (Wildman–Crippen MR) is 221 cm³/mol. The molecule has 3 aliphatic rings. The molecule has 332 valence electrons. The summed E-state index contributed by atoms with van der Waals surface area (Å²) in [6.07, 6.45) is 12.4. The number of rotatable bonds is 7. The molecule has 0 radical (unpaired) electrons. The van der Waals surface area contributed by atoms with Gasteiger partial charge in [-0.05, 0) is 19.3 Å². The van der Waals surface area contributed by atoms with Gasteiger partial charge in [0.25, 0.3) is 26.8 Å². The van der Waals surface area contributed by atoms with E-state index in [1.807, 2.05) is 0 Å². The van der Waals surface area contributed by atoms with Crippen molar-refractivity contribution < 1.29 is 26.8 Å². The first-order chi connectivity index (χ1) is 29.6. The second-order valence-electron chi connectivity index (χ2n) is 14.7. The largest absolute Gasteiger partial charge is 0.381 e. The van der Waals surface area contributed by atoms with Gasteiger partial charge in [0.1, 0.15) is 0 Å². The molecule has 0 aromatic carbocycles. The van der Waals surface area contributed by atoms with Gasteiger partial charge >= 0.3 is 17.1 Å². The quantitative estimate of drug-likeness (QED) is 0.171. The summed E-state index contributed by atoms with van der Waals surface area (Å²) in [5.41, 5.74) is -0.920. The Morgan fingerprint density at radius 3 is 1.39 bits per heavy atom. The van der Waals surface area contributed by atoms with Gasteiger partial charge in [0.15, 0.2) is 33.5 Å². The van der Waals surface area contributed by atoms with Crippen LogP contribution in [0.1, 0.15) is 19.3 Å². The normalized spacial score (nSPS) is 18.5. The third-order valence-electron chi connectivity index (χ3n) is 10.1. The molecule has 0 bridgehead atoms. The number of H-pyrrole nitrogens is 1. The number of aryl methyl sites for hydroxylation is 3. The molecule has 3 saturated heterocycles. The van der Waals surface area contributed by atoms with E-state index in [1.54, 1.807) is 14.1 Å². The van der Waals surface area contributed by atoms with Crippen LogP contribution in [0.25, 0.3) is 33.5 Å². The number of aromatic amines is 1. The number of fused-ring (bicyclic) bond motifs is 3. The highest BCUT2D eigenvalue weighted by molar-refractivity contribution is 7.85. The smallest absolute Gasteiger partial charge is 0.332 e. The molecule has 0 amide bonds. The maximum absolute atomic E-state index is 12.3. The summed E-state index contributed by atoms with van der Waals surface area (Å²) >= 11 is 0. The molecule has 24 nitrogen and oxygen atoms in total. The molecule has 1 N–H and O–H groups in total. The molecule has 0 saturated carbocycles. The van der Waals surface area contributed by atoms with E-state index in [2.05, 4.69) is 39.1 Å². The van der Waals surface area contributed by atoms with Gasteiger partial charge in [0.05, 0.1) is 32.7 Å². The molecule has 25 heteroatoms. The van der Waals surface area contributed by atoms with Gasteiger partial charge in [-0.15, -0.1) is 0 Å². The molecule has 3 fully saturated rings. The van der Waals surface area contributed by atoms with Crippen molar-refractivity contribution in [3.63, 3.8) is 0 Å². The molecule has 0 aliphatic carbocycles. The van der Waals surface area contributed by atoms with Gasteiger partial charge in [0, 0.05) is 109 Å². The van der Waals surface area contributed by atoms with Crippen molar-refractivity contribution in [3.05, 3.63) is 99.7 Å². The molecule has 3 unspecified atom stereocenters. The average molecular weight is 883 g/mol. The van der Waals surface area contributed by atoms with Gasteiger partial charge < -0.3 is 14.2 Å². The number of nitrogens with one attached hydrogen (secondary N) is 1. The van der Waals surface area contributed by atoms with Gasteiger partial charge in [-0.2, -0.15) is 8.42 Å². The van der Waals surface area contributed by atoms with E-state index in [0.717, 1.165) is 32.1 Å². The van der Waals surface area contributed by atoms with E-state index < -0.39 is 21.4 Å². The topological polar surface area (TPSA) is 291 Å². The van der Waals surface area contributed by atoms with Crippen LogP contribution in [0.15, 0.2) is 65.9 Å². The maximum Gasteiger partial charge on any atom is 0.332 e. The number of aromatic nitrogens is 12. The molecule has 62 heavy (non-hydrogen) atoms. The van der Waals surface area contributed by atoms with E-state index in [1.165, 1.54) is 67.1 Å². The second-order valence-corrected chi connectivity index (χ2v) is 16.3. The SMILES string of the molecule is CS(=O)(=O)OCC1CCOC1.Cn1c(=O)[nH]c(=O)c2nccnc21.Cn1c(=O)n(CC2CCOC2)c(=O)c2nccnc21.Cn1c(=O)n(CC2CCOC2)c(=O)c2nccnc21. The Labute approximate surface area is 350 Å². The lowest BCUT2D eigenvalue weighted by atomic mass is 10.1. The number of hydrogen-bond donors (Lipinski definition) is 1. The maximum atomic E-state index is 12.3. The minimum Gasteiger partial charge on any atom is -0.381 e. The molecular weight excluding hydrogens is 837 g/mol. The zero-order chi connectivity index (χ0) is 44.6. The minimum absolute atomic E-state index is 0.171. The molecule has 6 aromatic rings. The summed E-state index contributed by atoms with van der Waals surface area (Å²) in [6.45, 7) is 4.91. The first kappa shape index (κ1) is 45.4. The van der Waals surface area contributed by atoms with Crippen LogP contribution in [0.3, 0.4) is 0 Å². The second kappa shape index (κ2) is 20.1. The summed E-state index contributed by atoms with van der Waals surface area (Å²) in [7, 11) is 1.45. The van der Waals surface area contributed by atoms with E-state index in [4.69, 9.17) is 14.2 Å². The molecule has 0 spiro atoms. The van der Waals surface area contributed by atoms with Crippen molar-refractivity contribution in [2.75, 3.05) is 52.5 Å². The Bertz CT molecular complexity index is 2890. The summed E-state index contributed by atoms with van der Waals surface area (Å²) in [5, 5.41) is 0. The lowest BCUT2D eigenvalue weighted by Crippen LogP contribution is -2.41. The summed E-state index contributed by atoms with van der Waals surface area (Å²) in [6, 6.07) is 0. The molecule has 3 aliphatic heterocycles. The first-order valence-electron chi connectivity index (χ1n) is 19.4. The van der Waals surface area contributed by atoms with Crippen LogP contribution in [0.4, 0.5) is 0 Å². The standard InChI is InChI=1S/2C12H14N4O3.C7H6N4O2.C6H12O4S/c2*1-15-10-9(13-3-4-14-10)11(17)16(12(15)18)6-8-2-5-19-7-8;1-11-5-4(8-2-3-9-5)6(12)10-7(11)13;1-11(7,8)10-5-6-2-3-9-4-6/h2*3-4,8H,2,5-7H2,1H3;2-3H,1H3,(H,10,12,13);6H,2-5H2,1H3. The fourth-order valence-corrected chi connectivity index (χ4v) is 7.17. The van der Waals surface area contributed by atoms with Gasteiger partial charge in [-0.25, -0.2) is 44.3 Å². The summed E-state index contributed by atoms with van der Waals surface area (Å²) in [5.74, 6) is 0.670. The fourth-order valence-electron chi connectivity index (χ4n) is 6.73. The Hall–Kier alpha value is -6.15. The predicted octanol–water partition coefficient (Wildman–Crippen LogP) is -1.93. The lowest BCUT2D eigenvalue weighted by Gasteiger charge is -2.12. The van der Waals surface area contributed by atoms with Crippen LogP contribution in [-0.4, -0.2) is 119 Å². The van der Waals surface area contributed by atoms with Crippen molar-refractivity contribution in [1.82, 2.24) is 57.7 Å². The Kier molecular flexibility index (Phi) is 14.7. The van der Waals surface area contributed by atoms with Crippen LogP contribution in [0.2, 0.25) is 0 Å². The molecule has 3 atom stereocenters. The molecule has 9 rings (SSSR count). The highest BCUT2D eigenvalue weighted by Gasteiger charge is 2.22. The average Bonchev–Trinajstić information content (AvgIpc) is 4.10. The molecular formula is C37H46N12O12S. The van der Waals surface area contributed by atoms with Crippen molar-refractivity contribution in [2.45, 2.75) is 32.4 Å². The Morgan fingerprint density at radius 2 is 0.984 bits per heavy atom. The first-order valence-corrected chi connectivity index (χ1v) is 21.2. The number of ether oxygens (including phenoxy) is 3. The fraction of sp³-hybridized carbons (Fsp3) is 0.514. The van der Waals surface area contributed by atoms with Crippen LogP contribution < -0.4 is 33.7 Å². The highest BCUT2D eigenvalue weighted by atomic mass is 32.2. The lowest BCUT2D eigenvalue weighted by molar-refractivity contribution is 0.169. The zero-order valence-corrected chi connectivity index (χ0v) is 35.2. The van der Waals surface area contributed by atoms with Crippen LogP contribution in [0, 0.1) is 17.8 Å². The van der Waals surface area contributed by atoms with E-state index in [-0.39, 0.29) is 69.1 Å². The minimum atomic E-state index is -3.27. The summed E-state index contributed by atoms with van der Waals surface area (Å²) in [4.78, 5) is 97.3. The molecule has 9 heterocycles. The zero-order valence-electron chi connectivity index (χ0n) is 34.4. The van der Waals surface area contributed by atoms with Crippen LogP contribution >= 0.6 is 0 Å². The van der Waals surface area contributed by atoms with Crippen molar-refractivity contribution in [2.24, 2.45) is 38.9 Å². The van der Waals surface area contributed by atoms with Crippen molar-refractivity contribution in [1.29, 1.82) is 0 Å². The van der Waals surface area contributed by atoms with Crippen molar-refractivity contribution in [3.8, 4) is 0 Å². The number of hydrogen-bond acceptors (Lipinski definition) is 18. The Balaban J connectivity index is 0.000000141. The molecule has 6 aromatic heterocycles. The third-order valence-corrected chi connectivity index (χ3v) is 10.7. The monoisotopic (exact) mass is 882 g/mol. The number of nitrogens with zero attached hydrogens (tertiary/aromatic N) is 11. The van der Waals surface area contributed by atoms with E-state index in [0.29, 0.717) is 57.4 Å². The van der Waals surface area contributed by atoms with Crippen molar-refractivity contribution >= 4 is 43.6 Å². The van der Waals surface area contributed by atoms with E-state index >= 15 is 0 Å². The van der Waals surface area contributed by atoms with Gasteiger partial charge in [-0.1, -0.05) is 0 Å². The van der Waals surface area contributed by atoms with Crippen LogP contribution in [-0.2, 0) is 62.7 Å². The van der Waals surface area contributed by atoms with Crippen LogP contribution in [0.5, 0.6) is 0 Å². The van der Waals surface area contributed by atoms with Gasteiger partial charge in [0.2, 0.25) is 0 Å². The van der Waals surface area contributed by atoms with E-state index in [9.17, 15) is 37.2 Å². The highest BCUT2D eigenvalue weighted by Crippen LogP contribution is 2.15. The van der Waals surface area contributed by atoms with Gasteiger partial charge in [-0.3, -0.25) is 46.4 Å². The summed E-state index contributed by atoms with van der Waals surface area (Å²) < 4.78 is 47.7. The third kappa shape index (κ3) is 10.8. The Morgan fingerprint density at radius 1 is 0.597 bits per heavy atom.